The van der Waals surface area contributed by atoms with Crippen LogP contribution in [0.15, 0.2) is 46.9 Å². The van der Waals surface area contributed by atoms with Crippen molar-refractivity contribution in [1.29, 1.82) is 0 Å². The van der Waals surface area contributed by atoms with E-state index >= 15 is 0 Å². The van der Waals surface area contributed by atoms with E-state index < -0.39 is 5.82 Å². The molecule has 0 fully saturated rings. The number of benzene rings is 2. The van der Waals surface area contributed by atoms with Crippen LogP contribution in [0.5, 0.6) is 5.75 Å². The molecular formula is C14H14BrClFNO. The molecule has 0 saturated carbocycles. The molecule has 0 amide bonds. The van der Waals surface area contributed by atoms with Crippen molar-refractivity contribution in [3.8, 4) is 5.75 Å². The topological polar surface area (TPSA) is 35.2 Å². The molecule has 2 nitrogen and oxygen atoms in total. The summed E-state index contributed by atoms with van der Waals surface area (Å²) in [5, 5.41) is 0. The maximum Gasteiger partial charge on any atom is 0.169 e. The third kappa shape index (κ3) is 4.20. The normalized spacial score (nSPS) is 9.84. The zero-order valence-corrected chi connectivity index (χ0v) is 12.5. The number of rotatable bonds is 4. The number of halogens is 3. The Hall–Kier alpha value is -1.10. The highest BCUT2D eigenvalue weighted by Crippen LogP contribution is 2.30. The van der Waals surface area contributed by atoms with Crippen LogP contribution < -0.4 is 10.5 Å². The summed E-state index contributed by atoms with van der Waals surface area (Å²) in [6, 6.07) is 12.8. The van der Waals surface area contributed by atoms with Crippen molar-refractivity contribution in [1.82, 2.24) is 0 Å². The molecule has 0 aliphatic rings. The van der Waals surface area contributed by atoms with E-state index in [9.17, 15) is 4.39 Å². The number of nitrogens with two attached hydrogens (primary N) is 1. The van der Waals surface area contributed by atoms with Crippen LogP contribution in [0.25, 0.3) is 0 Å². The third-order valence-electron chi connectivity index (χ3n) is 2.52. The van der Waals surface area contributed by atoms with E-state index in [2.05, 4.69) is 15.9 Å². The van der Waals surface area contributed by atoms with E-state index in [1.165, 1.54) is 6.07 Å². The Labute approximate surface area is 126 Å². The van der Waals surface area contributed by atoms with Crippen molar-refractivity contribution < 1.29 is 9.13 Å². The van der Waals surface area contributed by atoms with Crippen molar-refractivity contribution in [3.63, 3.8) is 0 Å². The highest BCUT2D eigenvalue weighted by atomic mass is 79.9. The molecule has 0 saturated heterocycles. The van der Waals surface area contributed by atoms with Gasteiger partial charge < -0.3 is 10.5 Å². The van der Waals surface area contributed by atoms with E-state index in [1.54, 1.807) is 6.07 Å². The lowest BCUT2D eigenvalue weighted by Crippen LogP contribution is -2.01. The number of ether oxygens (including phenoxy) is 1. The Morgan fingerprint density at radius 3 is 2.37 bits per heavy atom. The van der Waals surface area contributed by atoms with Gasteiger partial charge in [0.1, 0.15) is 6.61 Å². The molecule has 0 radical (unpaired) electrons. The van der Waals surface area contributed by atoms with Gasteiger partial charge >= 0.3 is 0 Å². The average molecular weight is 347 g/mol. The number of hydrogen-bond donors (Lipinski definition) is 1. The second-order valence-electron chi connectivity index (χ2n) is 3.87. The van der Waals surface area contributed by atoms with Gasteiger partial charge in [0.25, 0.3) is 0 Å². The molecule has 2 rings (SSSR count). The van der Waals surface area contributed by atoms with Gasteiger partial charge in [0.2, 0.25) is 0 Å². The Balaban J connectivity index is 0.00000180. The van der Waals surface area contributed by atoms with Gasteiger partial charge in [-0.15, -0.1) is 12.4 Å². The number of hydrogen-bond acceptors (Lipinski definition) is 2. The SMILES string of the molecule is Cl.NCc1cc(F)c(OCc2ccccc2)c(Br)c1. The molecule has 2 aromatic rings. The lowest BCUT2D eigenvalue weighted by atomic mass is 10.2. The van der Waals surface area contributed by atoms with E-state index in [-0.39, 0.29) is 18.2 Å². The van der Waals surface area contributed by atoms with Gasteiger partial charge in [0.05, 0.1) is 4.47 Å². The van der Waals surface area contributed by atoms with Gasteiger partial charge in [-0.3, -0.25) is 0 Å². The summed E-state index contributed by atoms with van der Waals surface area (Å²) >= 11 is 3.29. The van der Waals surface area contributed by atoms with Crippen LogP contribution in [0.2, 0.25) is 0 Å². The minimum absolute atomic E-state index is 0. The van der Waals surface area contributed by atoms with Crippen molar-refractivity contribution in [3.05, 3.63) is 63.9 Å². The molecule has 0 aromatic heterocycles. The second kappa shape index (κ2) is 7.48. The summed E-state index contributed by atoms with van der Waals surface area (Å²) in [6.07, 6.45) is 0. The van der Waals surface area contributed by atoms with Crippen LogP contribution in [-0.2, 0) is 13.2 Å². The largest absolute Gasteiger partial charge is 0.485 e. The van der Waals surface area contributed by atoms with Gasteiger partial charge in [0, 0.05) is 6.54 Å². The molecule has 0 unspecified atom stereocenters. The minimum atomic E-state index is -0.402. The Kier molecular flexibility index (Phi) is 6.28. The van der Waals surface area contributed by atoms with E-state index in [0.717, 1.165) is 11.1 Å². The van der Waals surface area contributed by atoms with Gasteiger partial charge in [-0.2, -0.15) is 0 Å². The fraction of sp³-hybridized carbons (Fsp3) is 0.143. The summed E-state index contributed by atoms with van der Waals surface area (Å²) in [5.41, 5.74) is 7.19. The van der Waals surface area contributed by atoms with Crippen molar-refractivity contribution in [2.24, 2.45) is 5.73 Å². The first-order chi connectivity index (χ1) is 8.70. The van der Waals surface area contributed by atoms with Crippen LogP contribution >= 0.6 is 28.3 Å². The van der Waals surface area contributed by atoms with Crippen molar-refractivity contribution >= 4 is 28.3 Å². The van der Waals surface area contributed by atoms with Gasteiger partial charge in [0.15, 0.2) is 11.6 Å². The molecule has 2 aromatic carbocycles. The zero-order chi connectivity index (χ0) is 13.0. The summed E-state index contributed by atoms with van der Waals surface area (Å²) < 4.78 is 19.9. The molecule has 102 valence electrons. The van der Waals surface area contributed by atoms with Crippen LogP contribution in [0, 0.1) is 5.82 Å². The van der Waals surface area contributed by atoms with Gasteiger partial charge in [-0.1, -0.05) is 30.3 Å². The van der Waals surface area contributed by atoms with E-state index in [4.69, 9.17) is 10.5 Å². The van der Waals surface area contributed by atoms with Crippen molar-refractivity contribution in [2.45, 2.75) is 13.2 Å². The lowest BCUT2D eigenvalue weighted by Gasteiger charge is -2.10. The fourth-order valence-corrected chi connectivity index (χ4v) is 2.20. The summed E-state index contributed by atoms with van der Waals surface area (Å²) in [6.45, 7) is 0.632. The van der Waals surface area contributed by atoms with Crippen LogP contribution in [0.4, 0.5) is 4.39 Å². The second-order valence-corrected chi connectivity index (χ2v) is 4.72. The summed E-state index contributed by atoms with van der Waals surface area (Å²) in [4.78, 5) is 0. The van der Waals surface area contributed by atoms with Crippen molar-refractivity contribution in [2.75, 3.05) is 0 Å². The summed E-state index contributed by atoms with van der Waals surface area (Å²) in [5.74, 6) is -0.184. The molecule has 0 aliphatic carbocycles. The van der Waals surface area contributed by atoms with Crippen LogP contribution in [0.1, 0.15) is 11.1 Å². The Morgan fingerprint density at radius 2 is 1.79 bits per heavy atom. The molecule has 0 heterocycles. The van der Waals surface area contributed by atoms with Gasteiger partial charge in [-0.05, 0) is 39.2 Å². The maximum atomic E-state index is 13.8. The Bertz CT molecular complexity index is 513. The first-order valence-electron chi connectivity index (χ1n) is 5.55. The third-order valence-corrected chi connectivity index (χ3v) is 3.11. The molecule has 0 atom stereocenters. The molecule has 0 aliphatic heterocycles. The fourth-order valence-electron chi connectivity index (χ4n) is 1.60. The first kappa shape index (κ1) is 16.0. The minimum Gasteiger partial charge on any atom is -0.485 e. The molecule has 0 spiro atoms. The molecular weight excluding hydrogens is 333 g/mol. The van der Waals surface area contributed by atoms with Crippen LogP contribution in [0.3, 0.4) is 0 Å². The smallest absolute Gasteiger partial charge is 0.169 e. The average Bonchev–Trinajstić information content (AvgIpc) is 2.38. The van der Waals surface area contributed by atoms with E-state index in [1.807, 2.05) is 30.3 Å². The van der Waals surface area contributed by atoms with Gasteiger partial charge in [-0.25, -0.2) is 4.39 Å². The lowest BCUT2D eigenvalue weighted by molar-refractivity contribution is 0.288. The van der Waals surface area contributed by atoms with E-state index in [0.29, 0.717) is 17.6 Å². The molecule has 2 N–H and O–H groups in total. The molecule has 0 bridgehead atoms. The quantitative estimate of drug-likeness (QED) is 0.906. The zero-order valence-electron chi connectivity index (χ0n) is 10.1. The van der Waals surface area contributed by atoms with Crippen LogP contribution in [-0.4, -0.2) is 0 Å². The highest BCUT2D eigenvalue weighted by Gasteiger charge is 2.10. The first-order valence-corrected chi connectivity index (χ1v) is 6.34. The standard InChI is InChI=1S/C14H13BrFNO.ClH/c15-12-6-11(8-17)7-13(16)14(12)18-9-10-4-2-1-3-5-10;/h1-7H,8-9,17H2;1H. The molecule has 19 heavy (non-hydrogen) atoms. The highest BCUT2D eigenvalue weighted by molar-refractivity contribution is 9.10. The predicted octanol–water partition coefficient (Wildman–Crippen LogP) is 4.05. The maximum absolute atomic E-state index is 13.8. The Morgan fingerprint density at radius 1 is 1.11 bits per heavy atom. The summed E-state index contributed by atoms with van der Waals surface area (Å²) in [7, 11) is 0. The monoisotopic (exact) mass is 345 g/mol. The molecule has 5 heteroatoms. The predicted molar refractivity (Wildman–Crippen MR) is 80.0 cm³/mol.